The number of hydrogen-bond donors (Lipinski definition) is 1. The number of benzene rings is 2. The van der Waals surface area contributed by atoms with Crippen molar-refractivity contribution in [2.45, 2.75) is 65.0 Å². The second kappa shape index (κ2) is 10.7. The van der Waals surface area contributed by atoms with E-state index in [-0.39, 0.29) is 6.10 Å². The van der Waals surface area contributed by atoms with Crippen molar-refractivity contribution in [1.29, 1.82) is 0 Å². The summed E-state index contributed by atoms with van der Waals surface area (Å²) < 4.78 is 6.32. The third kappa shape index (κ3) is 5.16. The van der Waals surface area contributed by atoms with E-state index in [2.05, 4.69) is 67.1 Å². The van der Waals surface area contributed by atoms with Crippen molar-refractivity contribution in [3.05, 3.63) is 58.1 Å². The average molecular weight is 532 g/mol. The van der Waals surface area contributed by atoms with E-state index >= 15 is 0 Å². The van der Waals surface area contributed by atoms with Crippen LogP contribution in [0, 0.1) is 19.3 Å². The number of nitrogens with zero attached hydrogens (tertiary/aromatic N) is 3. The van der Waals surface area contributed by atoms with Gasteiger partial charge >= 0.3 is 0 Å². The maximum atomic E-state index is 9.71. The van der Waals surface area contributed by atoms with Gasteiger partial charge in [0.2, 0.25) is 0 Å². The largest absolute Gasteiger partial charge is 0.493 e. The van der Waals surface area contributed by atoms with Gasteiger partial charge in [0.1, 0.15) is 10.8 Å². The molecule has 0 atom stereocenters. The van der Waals surface area contributed by atoms with Crippen LogP contribution in [0.1, 0.15) is 53.8 Å². The highest BCUT2D eigenvalue weighted by molar-refractivity contribution is 7.15. The summed E-state index contributed by atoms with van der Waals surface area (Å²) in [5.74, 6) is 0.987. The van der Waals surface area contributed by atoms with Crippen molar-refractivity contribution >= 4 is 11.3 Å². The maximum Gasteiger partial charge on any atom is 0.124 e. The first-order chi connectivity index (χ1) is 18.4. The van der Waals surface area contributed by atoms with Crippen LogP contribution in [0.15, 0.2) is 36.4 Å². The molecule has 3 aliphatic rings. The zero-order valence-corrected chi connectivity index (χ0v) is 23.9. The highest BCUT2D eigenvalue weighted by Crippen LogP contribution is 2.49. The number of aliphatic hydroxyl groups is 1. The minimum absolute atomic E-state index is 0.0415. The first-order valence-electron chi connectivity index (χ1n) is 14.3. The second-order valence-electron chi connectivity index (χ2n) is 11.9. The summed E-state index contributed by atoms with van der Waals surface area (Å²) >= 11 is 1.87. The van der Waals surface area contributed by atoms with E-state index in [4.69, 9.17) is 9.72 Å². The summed E-state index contributed by atoms with van der Waals surface area (Å²) in [6, 6.07) is 13.1. The zero-order valence-electron chi connectivity index (χ0n) is 23.1. The van der Waals surface area contributed by atoms with Crippen LogP contribution in [-0.2, 0) is 13.0 Å². The number of likely N-dealkylation sites (N-methyl/N-ethyl adjacent to an activating group) is 1. The van der Waals surface area contributed by atoms with E-state index in [1.54, 1.807) is 0 Å². The fourth-order valence-corrected chi connectivity index (χ4v) is 7.88. The second-order valence-corrected chi connectivity index (χ2v) is 13.0. The van der Waals surface area contributed by atoms with Crippen LogP contribution >= 0.6 is 11.3 Å². The van der Waals surface area contributed by atoms with Crippen molar-refractivity contribution in [2.75, 3.05) is 39.8 Å². The standard InChI is InChI=1S/C32H41N3O2S/c1-22-25(7-4-9-27(22)31-33-28-21-34(3)15-11-30(28)38-31)26-8-5-10-29(23(26)2)37-18-6-14-35-16-12-32(13-17-35)19-24(36)20-32/h4-5,7-10,24,36H,6,11-21H2,1-3H3. The maximum absolute atomic E-state index is 9.71. The molecule has 6 rings (SSSR count). The zero-order chi connectivity index (χ0) is 26.3. The number of rotatable bonds is 7. The van der Waals surface area contributed by atoms with Crippen LogP contribution in [-0.4, -0.2) is 65.8 Å². The summed E-state index contributed by atoms with van der Waals surface area (Å²) in [4.78, 5) is 11.4. The fraction of sp³-hybridized carbons (Fsp3) is 0.531. The minimum atomic E-state index is -0.0415. The molecule has 3 aromatic rings. The van der Waals surface area contributed by atoms with E-state index in [0.717, 1.165) is 75.8 Å². The molecule has 1 spiro atoms. The summed E-state index contributed by atoms with van der Waals surface area (Å²) in [7, 11) is 2.18. The van der Waals surface area contributed by atoms with E-state index in [1.807, 2.05) is 11.3 Å². The van der Waals surface area contributed by atoms with Crippen molar-refractivity contribution in [3.8, 4) is 27.4 Å². The lowest BCUT2D eigenvalue weighted by Gasteiger charge is -2.50. The number of hydrogen-bond acceptors (Lipinski definition) is 6. The fourth-order valence-electron chi connectivity index (χ4n) is 6.74. The van der Waals surface area contributed by atoms with Gasteiger partial charge in [0.05, 0.1) is 18.4 Å². The van der Waals surface area contributed by atoms with Gasteiger partial charge in [0.15, 0.2) is 0 Å². The van der Waals surface area contributed by atoms with Gasteiger partial charge in [-0.05, 0) is 106 Å². The number of ether oxygens (including phenoxy) is 1. The third-order valence-electron chi connectivity index (χ3n) is 9.19. The first kappa shape index (κ1) is 26.0. The van der Waals surface area contributed by atoms with Crippen LogP contribution in [0.5, 0.6) is 5.75 Å². The Bertz CT molecular complexity index is 1290. The topological polar surface area (TPSA) is 48.8 Å². The van der Waals surface area contributed by atoms with Crippen molar-refractivity contribution in [1.82, 2.24) is 14.8 Å². The molecule has 6 heteroatoms. The Kier molecular flexibility index (Phi) is 7.34. The van der Waals surface area contributed by atoms with Gasteiger partial charge in [-0.3, -0.25) is 0 Å². The molecule has 5 nitrogen and oxygen atoms in total. The highest BCUT2D eigenvalue weighted by Gasteiger charge is 2.44. The molecule has 38 heavy (non-hydrogen) atoms. The van der Waals surface area contributed by atoms with Crippen LogP contribution in [0.25, 0.3) is 21.7 Å². The lowest BCUT2D eigenvalue weighted by molar-refractivity contribution is -0.0681. The van der Waals surface area contributed by atoms with E-state index in [0.29, 0.717) is 5.41 Å². The Balaban J connectivity index is 1.10. The predicted octanol–water partition coefficient (Wildman–Crippen LogP) is 6.09. The number of aliphatic hydroxyl groups excluding tert-OH is 1. The van der Waals surface area contributed by atoms with Gasteiger partial charge in [-0.15, -0.1) is 11.3 Å². The molecule has 1 aliphatic carbocycles. The molecule has 0 amide bonds. The predicted molar refractivity (Wildman–Crippen MR) is 156 cm³/mol. The van der Waals surface area contributed by atoms with Gasteiger partial charge in [-0.1, -0.05) is 30.3 Å². The van der Waals surface area contributed by atoms with E-state index in [1.165, 1.54) is 51.2 Å². The molecular formula is C32H41N3O2S. The van der Waals surface area contributed by atoms with Crippen LogP contribution in [0.3, 0.4) is 0 Å². The Morgan fingerprint density at radius 1 is 1.00 bits per heavy atom. The normalized spacial score (nSPS) is 19.9. The highest BCUT2D eigenvalue weighted by atomic mass is 32.1. The SMILES string of the molecule is Cc1c(OCCCN2CCC3(CC2)CC(O)C3)cccc1-c1cccc(-c2nc3c(s2)CCN(C)C3)c1C. The lowest BCUT2D eigenvalue weighted by atomic mass is 9.61. The molecule has 2 aromatic carbocycles. The van der Waals surface area contributed by atoms with Crippen molar-refractivity contribution < 1.29 is 9.84 Å². The van der Waals surface area contributed by atoms with E-state index < -0.39 is 0 Å². The van der Waals surface area contributed by atoms with Gasteiger partial charge in [0.25, 0.3) is 0 Å². The average Bonchev–Trinajstić information content (AvgIpc) is 3.31. The van der Waals surface area contributed by atoms with E-state index in [9.17, 15) is 5.11 Å². The molecule has 0 bridgehead atoms. The number of likely N-dealkylation sites (tertiary alicyclic amines) is 1. The number of aromatic nitrogens is 1. The molecule has 202 valence electrons. The first-order valence-corrected chi connectivity index (χ1v) is 15.1. The number of thiazole rings is 1. The summed E-state index contributed by atoms with van der Waals surface area (Å²) in [6.45, 7) is 10.6. The quantitative estimate of drug-likeness (QED) is 0.374. The molecule has 0 unspecified atom stereocenters. The number of piperidine rings is 1. The van der Waals surface area contributed by atoms with Crippen molar-refractivity contribution in [3.63, 3.8) is 0 Å². The summed E-state index contributed by atoms with van der Waals surface area (Å²) in [5, 5.41) is 10.9. The van der Waals surface area contributed by atoms with Gasteiger partial charge in [-0.2, -0.15) is 0 Å². The molecule has 1 saturated heterocycles. The van der Waals surface area contributed by atoms with Gasteiger partial charge in [-0.25, -0.2) is 4.98 Å². The van der Waals surface area contributed by atoms with Crippen LogP contribution in [0.4, 0.5) is 0 Å². The Labute approximate surface area is 231 Å². The van der Waals surface area contributed by atoms with Gasteiger partial charge < -0.3 is 19.6 Å². The monoisotopic (exact) mass is 531 g/mol. The molecule has 1 N–H and O–H groups in total. The smallest absolute Gasteiger partial charge is 0.124 e. The molecular weight excluding hydrogens is 490 g/mol. The van der Waals surface area contributed by atoms with Crippen LogP contribution < -0.4 is 4.74 Å². The Morgan fingerprint density at radius 2 is 1.71 bits per heavy atom. The third-order valence-corrected chi connectivity index (χ3v) is 10.4. The summed E-state index contributed by atoms with van der Waals surface area (Å²) in [6.07, 6.45) is 6.62. The Morgan fingerprint density at radius 3 is 2.47 bits per heavy atom. The Hall–Kier alpha value is -2.25. The van der Waals surface area contributed by atoms with Crippen LogP contribution in [0.2, 0.25) is 0 Å². The summed E-state index contributed by atoms with van der Waals surface area (Å²) in [5.41, 5.74) is 7.95. The lowest BCUT2D eigenvalue weighted by Crippen LogP contribution is -2.49. The van der Waals surface area contributed by atoms with Gasteiger partial charge in [0, 0.05) is 30.1 Å². The minimum Gasteiger partial charge on any atom is -0.493 e. The molecule has 3 heterocycles. The molecule has 1 aromatic heterocycles. The van der Waals surface area contributed by atoms with Crippen molar-refractivity contribution in [2.24, 2.45) is 5.41 Å². The number of fused-ring (bicyclic) bond motifs is 1. The molecule has 1 saturated carbocycles. The molecule has 2 fully saturated rings. The molecule has 2 aliphatic heterocycles. The molecule has 0 radical (unpaired) electrons.